The Bertz CT molecular complexity index is 512. The lowest BCUT2D eigenvalue weighted by molar-refractivity contribution is -0.137. The summed E-state index contributed by atoms with van der Waals surface area (Å²) in [5.74, 6) is 1.08. The zero-order valence-corrected chi connectivity index (χ0v) is 13.6. The first-order chi connectivity index (χ1) is 11.2. The summed E-state index contributed by atoms with van der Waals surface area (Å²) in [6, 6.07) is 4.28. The SMILES string of the molecule is C[C@H]1CN(C(=O)CNC[C@@H]2CCCN2c2cccnn2)CCO1. The highest BCUT2D eigenvalue weighted by Gasteiger charge is 2.26. The number of carbonyl (C=O) groups is 1. The molecule has 0 bridgehead atoms. The number of carbonyl (C=O) groups excluding carboxylic acids is 1. The summed E-state index contributed by atoms with van der Waals surface area (Å²) < 4.78 is 5.47. The van der Waals surface area contributed by atoms with Crippen LogP contribution in [-0.4, -0.2) is 72.5 Å². The zero-order valence-electron chi connectivity index (χ0n) is 13.6. The van der Waals surface area contributed by atoms with Crippen LogP contribution in [0.4, 0.5) is 5.82 Å². The minimum Gasteiger partial charge on any atom is -0.375 e. The van der Waals surface area contributed by atoms with Gasteiger partial charge in [-0.3, -0.25) is 4.79 Å². The highest BCUT2D eigenvalue weighted by atomic mass is 16.5. The van der Waals surface area contributed by atoms with Crippen molar-refractivity contribution in [1.82, 2.24) is 20.4 Å². The summed E-state index contributed by atoms with van der Waals surface area (Å²) in [5.41, 5.74) is 0. The number of rotatable bonds is 5. The maximum atomic E-state index is 12.2. The second-order valence-electron chi connectivity index (χ2n) is 6.22. The van der Waals surface area contributed by atoms with Crippen LogP contribution in [0, 0.1) is 0 Å². The van der Waals surface area contributed by atoms with E-state index in [0.29, 0.717) is 32.3 Å². The zero-order chi connectivity index (χ0) is 16.1. The van der Waals surface area contributed by atoms with E-state index in [9.17, 15) is 4.79 Å². The van der Waals surface area contributed by atoms with Crippen molar-refractivity contribution in [2.75, 3.05) is 44.2 Å². The molecule has 2 aliphatic heterocycles. The minimum atomic E-state index is 0.134. The molecule has 3 heterocycles. The number of morpholine rings is 1. The standard InChI is InChI=1S/C16H25N5O2/c1-13-12-20(8-9-23-13)16(22)11-17-10-14-4-3-7-21(14)15-5-2-6-18-19-15/h2,5-6,13-14,17H,3-4,7-12H2,1H3/t13-,14-/m0/s1. The van der Waals surface area contributed by atoms with Crippen LogP contribution in [0.1, 0.15) is 19.8 Å². The average molecular weight is 319 g/mol. The number of hydrogen-bond acceptors (Lipinski definition) is 6. The van der Waals surface area contributed by atoms with Gasteiger partial charge in [0.15, 0.2) is 5.82 Å². The third kappa shape index (κ3) is 4.17. The maximum absolute atomic E-state index is 12.2. The van der Waals surface area contributed by atoms with Crippen LogP contribution in [-0.2, 0) is 9.53 Å². The van der Waals surface area contributed by atoms with Crippen molar-refractivity contribution >= 4 is 11.7 Å². The molecule has 0 aromatic carbocycles. The lowest BCUT2D eigenvalue weighted by Crippen LogP contribution is -2.49. The van der Waals surface area contributed by atoms with Crippen LogP contribution >= 0.6 is 0 Å². The molecule has 126 valence electrons. The van der Waals surface area contributed by atoms with E-state index >= 15 is 0 Å². The number of amides is 1. The molecule has 2 atom stereocenters. The molecular weight excluding hydrogens is 294 g/mol. The summed E-state index contributed by atoms with van der Waals surface area (Å²) in [5, 5.41) is 11.5. The molecule has 7 nitrogen and oxygen atoms in total. The van der Waals surface area contributed by atoms with Gasteiger partial charge in [-0.2, -0.15) is 5.10 Å². The van der Waals surface area contributed by atoms with Crippen molar-refractivity contribution in [1.29, 1.82) is 0 Å². The van der Waals surface area contributed by atoms with Gasteiger partial charge in [-0.1, -0.05) is 0 Å². The topological polar surface area (TPSA) is 70.6 Å². The number of nitrogens with one attached hydrogen (secondary N) is 1. The van der Waals surface area contributed by atoms with Gasteiger partial charge in [0.1, 0.15) is 0 Å². The van der Waals surface area contributed by atoms with Gasteiger partial charge in [0, 0.05) is 38.4 Å². The number of ether oxygens (including phenoxy) is 1. The molecular formula is C16H25N5O2. The van der Waals surface area contributed by atoms with Crippen LogP contribution in [0.3, 0.4) is 0 Å². The molecule has 7 heteroatoms. The van der Waals surface area contributed by atoms with Gasteiger partial charge >= 0.3 is 0 Å². The fourth-order valence-electron chi connectivity index (χ4n) is 3.30. The van der Waals surface area contributed by atoms with Gasteiger partial charge in [-0.15, -0.1) is 5.10 Å². The summed E-state index contributed by atoms with van der Waals surface area (Å²) >= 11 is 0. The highest BCUT2D eigenvalue weighted by Crippen LogP contribution is 2.22. The van der Waals surface area contributed by atoms with Crippen LogP contribution in [0.5, 0.6) is 0 Å². The van der Waals surface area contributed by atoms with Crippen LogP contribution < -0.4 is 10.2 Å². The quantitative estimate of drug-likeness (QED) is 0.841. The molecule has 23 heavy (non-hydrogen) atoms. The molecule has 2 aliphatic rings. The Hall–Kier alpha value is -1.73. The van der Waals surface area contributed by atoms with Crippen LogP contribution in [0.25, 0.3) is 0 Å². The first kappa shape index (κ1) is 16.1. The molecule has 0 saturated carbocycles. The second kappa shape index (κ2) is 7.70. The molecule has 2 fully saturated rings. The fraction of sp³-hybridized carbons (Fsp3) is 0.688. The Kier molecular flexibility index (Phi) is 5.40. The molecule has 1 amide bonds. The number of aromatic nitrogens is 2. The Balaban J connectivity index is 1.45. The third-order valence-electron chi connectivity index (χ3n) is 4.48. The Morgan fingerprint density at radius 2 is 2.39 bits per heavy atom. The van der Waals surface area contributed by atoms with E-state index in [1.54, 1.807) is 6.20 Å². The fourth-order valence-corrected chi connectivity index (χ4v) is 3.30. The molecule has 0 unspecified atom stereocenters. The van der Waals surface area contributed by atoms with Gasteiger partial charge in [-0.05, 0) is 31.9 Å². The van der Waals surface area contributed by atoms with Crippen LogP contribution in [0.15, 0.2) is 18.3 Å². The molecule has 0 spiro atoms. The van der Waals surface area contributed by atoms with Crippen molar-refractivity contribution in [3.63, 3.8) is 0 Å². The molecule has 1 N–H and O–H groups in total. The minimum absolute atomic E-state index is 0.134. The smallest absolute Gasteiger partial charge is 0.236 e. The molecule has 2 saturated heterocycles. The van der Waals surface area contributed by atoms with E-state index in [1.165, 1.54) is 0 Å². The van der Waals surface area contributed by atoms with Crippen LogP contribution in [0.2, 0.25) is 0 Å². The normalized spacial score (nSPS) is 24.9. The predicted octanol–water partition coefficient (Wildman–Crippen LogP) is 0.282. The monoisotopic (exact) mass is 319 g/mol. The number of nitrogens with zero attached hydrogens (tertiary/aromatic N) is 4. The van der Waals surface area contributed by atoms with Gasteiger partial charge < -0.3 is 19.9 Å². The van der Waals surface area contributed by atoms with Crippen molar-refractivity contribution in [2.45, 2.75) is 31.9 Å². The van der Waals surface area contributed by atoms with E-state index in [-0.39, 0.29) is 12.0 Å². The maximum Gasteiger partial charge on any atom is 0.236 e. The van der Waals surface area contributed by atoms with Crippen molar-refractivity contribution in [3.8, 4) is 0 Å². The summed E-state index contributed by atoms with van der Waals surface area (Å²) in [6.07, 6.45) is 4.09. The van der Waals surface area contributed by atoms with Gasteiger partial charge in [-0.25, -0.2) is 0 Å². The summed E-state index contributed by atoms with van der Waals surface area (Å²) in [7, 11) is 0. The molecule has 3 rings (SSSR count). The molecule has 0 aliphatic carbocycles. The van der Waals surface area contributed by atoms with Crippen molar-refractivity contribution in [2.24, 2.45) is 0 Å². The lowest BCUT2D eigenvalue weighted by atomic mass is 10.2. The van der Waals surface area contributed by atoms with Gasteiger partial charge in [0.25, 0.3) is 0 Å². The largest absolute Gasteiger partial charge is 0.375 e. The molecule has 0 radical (unpaired) electrons. The summed E-state index contributed by atoms with van der Waals surface area (Å²) in [4.78, 5) is 16.4. The van der Waals surface area contributed by atoms with Crippen molar-refractivity contribution in [3.05, 3.63) is 18.3 Å². The molecule has 1 aromatic rings. The number of anilines is 1. The van der Waals surface area contributed by atoms with E-state index < -0.39 is 0 Å². The van der Waals surface area contributed by atoms with Gasteiger partial charge in [0.2, 0.25) is 5.91 Å². The first-order valence-corrected chi connectivity index (χ1v) is 8.38. The first-order valence-electron chi connectivity index (χ1n) is 8.38. The van der Waals surface area contributed by atoms with E-state index in [4.69, 9.17) is 4.74 Å². The lowest BCUT2D eigenvalue weighted by Gasteiger charge is -2.31. The molecule has 1 aromatic heterocycles. The van der Waals surface area contributed by atoms with E-state index in [1.807, 2.05) is 24.0 Å². The second-order valence-corrected chi connectivity index (χ2v) is 6.22. The Labute approximate surface area is 137 Å². The third-order valence-corrected chi connectivity index (χ3v) is 4.48. The average Bonchev–Trinajstić information content (AvgIpc) is 3.04. The summed E-state index contributed by atoms with van der Waals surface area (Å²) in [6.45, 7) is 6.20. The van der Waals surface area contributed by atoms with E-state index in [0.717, 1.165) is 31.7 Å². The predicted molar refractivity (Wildman–Crippen MR) is 87.3 cm³/mol. The van der Waals surface area contributed by atoms with Crippen molar-refractivity contribution < 1.29 is 9.53 Å². The van der Waals surface area contributed by atoms with Gasteiger partial charge in [0.05, 0.1) is 19.3 Å². The Morgan fingerprint density at radius 1 is 1.48 bits per heavy atom. The Morgan fingerprint density at radius 3 is 3.17 bits per heavy atom. The number of hydrogen-bond donors (Lipinski definition) is 1. The highest BCUT2D eigenvalue weighted by molar-refractivity contribution is 5.78. The van der Waals surface area contributed by atoms with E-state index in [2.05, 4.69) is 20.4 Å².